The number of nitrogens with zero attached hydrogens (tertiary/aromatic N) is 2. The van der Waals surface area contributed by atoms with Crippen LogP contribution in [0.15, 0.2) is 54.7 Å². The molecule has 0 aliphatic heterocycles. The third kappa shape index (κ3) is 4.49. The van der Waals surface area contributed by atoms with Crippen molar-refractivity contribution in [2.75, 3.05) is 0 Å². The van der Waals surface area contributed by atoms with Crippen molar-refractivity contribution in [3.8, 4) is 11.3 Å². The molecule has 2 heterocycles. The van der Waals surface area contributed by atoms with Crippen molar-refractivity contribution < 1.29 is 9.59 Å². The van der Waals surface area contributed by atoms with Gasteiger partial charge in [-0.2, -0.15) is 0 Å². The lowest BCUT2D eigenvalue weighted by atomic mass is 9.95. The molecule has 0 unspecified atom stereocenters. The van der Waals surface area contributed by atoms with E-state index in [4.69, 9.17) is 11.6 Å². The first-order chi connectivity index (χ1) is 14.6. The number of carbonyl (C=O) groups is 2. The van der Waals surface area contributed by atoms with Gasteiger partial charge in [0.2, 0.25) is 0 Å². The lowest BCUT2D eigenvalue weighted by molar-refractivity contribution is 0.0963. The number of carbonyl (C=O) groups excluding carboxylic acids is 2. The van der Waals surface area contributed by atoms with Gasteiger partial charge in [-0.1, -0.05) is 48.0 Å². The molecule has 0 N–H and O–H groups in total. The van der Waals surface area contributed by atoms with E-state index in [1.165, 1.54) is 0 Å². The van der Waals surface area contributed by atoms with Gasteiger partial charge in [0.15, 0.2) is 11.6 Å². The van der Waals surface area contributed by atoms with Crippen molar-refractivity contribution in [2.45, 2.75) is 44.9 Å². The Morgan fingerprint density at radius 1 is 0.733 bits per heavy atom. The van der Waals surface area contributed by atoms with Crippen molar-refractivity contribution in [2.24, 2.45) is 0 Å². The fourth-order valence-electron chi connectivity index (χ4n) is 3.91. The molecule has 30 heavy (non-hydrogen) atoms. The highest BCUT2D eigenvalue weighted by Crippen LogP contribution is 2.26. The Balaban J connectivity index is 0.000000158. The normalized spacial score (nSPS) is 15.4. The van der Waals surface area contributed by atoms with Crippen LogP contribution in [0.25, 0.3) is 11.3 Å². The zero-order chi connectivity index (χ0) is 20.9. The average molecular weight is 419 g/mol. The molecule has 0 spiro atoms. The number of aryl methyl sites for hydroxylation is 1. The molecular weight excluding hydrogens is 396 g/mol. The van der Waals surface area contributed by atoms with E-state index < -0.39 is 0 Å². The van der Waals surface area contributed by atoms with Crippen LogP contribution in [0.3, 0.4) is 0 Å². The van der Waals surface area contributed by atoms with Crippen LogP contribution in [0.4, 0.5) is 0 Å². The minimum absolute atomic E-state index is 0.124. The standard InChI is InChI=1S/C16H15NO.C9H8ClNO/c18-15-9-5-4-8-13-10-11-14(17-16(13)15)12-6-2-1-3-7-12;10-7-4-5-11-9-6(7)2-1-3-8(9)12/h1-3,6-7,10-11H,4-5,8-9H2;4-5H,1-3H2. The van der Waals surface area contributed by atoms with Crippen molar-refractivity contribution in [1.82, 2.24) is 9.97 Å². The number of fused-ring (bicyclic) bond motifs is 2. The molecule has 2 aromatic heterocycles. The minimum Gasteiger partial charge on any atom is -0.292 e. The van der Waals surface area contributed by atoms with Gasteiger partial charge in [-0.05, 0) is 49.8 Å². The highest BCUT2D eigenvalue weighted by atomic mass is 35.5. The van der Waals surface area contributed by atoms with E-state index in [9.17, 15) is 9.59 Å². The Morgan fingerprint density at radius 2 is 1.47 bits per heavy atom. The maximum atomic E-state index is 12.0. The molecule has 0 fully saturated rings. The average Bonchev–Trinajstić information content (AvgIpc) is 2.97. The zero-order valence-electron chi connectivity index (χ0n) is 16.7. The van der Waals surface area contributed by atoms with Crippen LogP contribution in [0, 0.1) is 0 Å². The number of rotatable bonds is 1. The Morgan fingerprint density at radius 3 is 2.27 bits per heavy atom. The van der Waals surface area contributed by atoms with Crippen LogP contribution in [0.1, 0.15) is 64.2 Å². The maximum Gasteiger partial charge on any atom is 0.181 e. The van der Waals surface area contributed by atoms with E-state index in [-0.39, 0.29) is 11.6 Å². The molecule has 0 saturated carbocycles. The summed E-state index contributed by atoms with van der Waals surface area (Å²) in [6, 6.07) is 15.8. The number of aromatic nitrogens is 2. The third-order valence-electron chi connectivity index (χ3n) is 5.51. The molecule has 0 radical (unpaired) electrons. The molecule has 0 amide bonds. The lowest BCUT2D eigenvalue weighted by Gasteiger charge is -2.13. The van der Waals surface area contributed by atoms with E-state index >= 15 is 0 Å². The summed E-state index contributed by atoms with van der Waals surface area (Å²) in [6.45, 7) is 0. The predicted molar refractivity (Wildman–Crippen MR) is 118 cm³/mol. The molecule has 1 aromatic carbocycles. The summed E-state index contributed by atoms with van der Waals surface area (Å²) in [5.41, 5.74) is 5.26. The fourth-order valence-corrected chi connectivity index (χ4v) is 4.15. The van der Waals surface area contributed by atoms with Crippen molar-refractivity contribution in [3.05, 3.63) is 82.3 Å². The molecule has 5 heteroatoms. The van der Waals surface area contributed by atoms with E-state index in [0.29, 0.717) is 29.3 Å². The van der Waals surface area contributed by atoms with Crippen LogP contribution < -0.4 is 0 Å². The number of benzene rings is 1. The maximum absolute atomic E-state index is 12.0. The van der Waals surface area contributed by atoms with Gasteiger partial charge in [0.25, 0.3) is 0 Å². The quantitative estimate of drug-likeness (QED) is 0.461. The van der Waals surface area contributed by atoms with E-state index in [1.807, 2.05) is 36.4 Å². The number of halogens is 1. The van der Waals surface area contributed by atoms with Crippen LogP contribution in [0.5, 0.6) is 0 Å². The summed E-state index contributed by atoms with van der Waals surface area (Å²) >= 11 is 5.92. The Bertz CT molecular complexity index is 1080. The molecule has 2 aliphatic rings. The number of hydrogen-bond donors (Lipinski definition) is 0. The highest BCUT2D eigenvalue weighted by Gasteiger charge is 2.20. The third-order valence-corrected chi connectivity index (χ3v) is 5.86. The summed E-state index contributed by atoms with van der Waals surface area (Å²) in [5.74, 6) is 0.319. The number of ketones is 2. The summed E-state index contributed by atoms with van der Waals surface area (Å²) in [4.78, 5) is 31.9. The Kier molecular flexibility index (Phi) is 6.34. The zero-order valence-corrected chi connectivity index (χ0v) is 17.5. The van der Waals surface area contributed by atoms with Gasteiger partial charge in [0.1, 0.15) is 11.4 Å². The predicted octanol–water partition coefficient (Wildman–Crippen LogP) is 5.91. The molecule has 2 aliphatic carbocycles. The summed E-state index contributed by atoms with van der Waals surface area (Å²) in [5, 5.41) is 0.674. The van der Waals surface area contributed by atoms with Crippen molar-refractivity contribution in [3.63, 3.8) is 0 Å². The molecule has 4 nitrogen and oxygen atoms in total. The van der Waals surface area contributed by atoms with Crippen LogP contribution >= 0.6 is 11.6 Å². The molecule has 152 valence electrons. The number of hydrogen-bond acceptors (Lipinski definition) is 4. The van der Waals surface area contributed by atoms with E-state index in [0.717, 1.165) is 54.5 Å². The monoisotopic (exact) mass is 418 g/mol. The molecule has 0 bridgehead atoms. The summed E-state index contributed by atoms with van der Waals surface area (Å²) < 4.78 is 0. The van der Waals surface area contributed by atoms with Gasteiger partial charge < -0.3 is 0 Å². The molecule has 0 atom stereocenters. The summed E-state index contributed by atoms with van der Waals surface area (Å²) in [6.07, 6.45) is 7.66. The second kappa shape index (κ2) is 9.31. The van der Waals surface area contributed by atoms with Gasteiger partial charge in [-0.25, -0.2) is 4.98 Å². The van der Waals surface area contributed by atoms with Gasteiger partial charge in [0, 0.05) is 35.2 Å². The lowest BCUT2D eigenvalue weighted by Crippen LogP contribution is -2.12. The van der Waals surface area contributed by atoms with Gasteiger partial charge in [-0.15, -0.1) is 0 Å². The molecule has 5 rings (SSSR count). The molecule has 0 saturated heterocycles. The van der Waals surface area contributed by atoms with Crippen LogP contribution in [-0.2, 0) is 12.8 Å². The number of pyridine rings is 2. The van der Waals surface area contributed by atoms with Crippen LogP contribution in [-0.4, -0.2) is 21.5 Å². The Labute approximate surface area is 181 Å². The van der Waals surface area contributed by atoms with E-state index in [1.54, 1.807) is 12.3 Å². The highest BCUT2D eigenvalue weighted by molar-refractivity contribution is 6.31. The van der Waals surface area contributed by atoms with Gasteiger partial charge >= 0.3 is 0 Å². The fraction of sp³-hybridized carbons (Fsp3) is 0.280. The van der Waals surface area contributed by atoms with E-state index in [2.05, 4.69) is 16.0 Å². The molecule has 3 aromatic rings. The van der Waals surface area contributed by atoms with Crippen molar-refractivity contribution >= 4 is 23.2 Å². The smallest absolute Gasteiger partial charge is 0.181 e. The first kappa shape index (κ1) is 20.4. The number of Topliss-reactive ketones (excluding diaryl/α,β-unsaturated/α-hetero) is 2. The first-order valence-corrected chi connectivity index (χ1v) is 10.8. The summed E-state index contributed by atoms with van der Waals surface area (Å²) in [7, 11) is 0. The van der Waals surface area contributed by atoms with Crippen molar-refractivity contribution in [1.29, 1.82) is 0 Å². The minimum atomic E-state index is 0.124. The second-order valence-corrected chi connectivity index (χ2v) is 8.00. The largest absolute Gasteiger partial charge is 0.292 e. The van der Waals surface area contributed by atoms with Gasteiger partial charge in [-0.3, -0.25) is 14.6 Å². The molecular formula is C25H23ClN2O2. The first-order valence-electron chi connectivity index (χ1n) is 10.4. The van der Waals surface area contributed by atoms with Crippen LogP contribution in [0.2, 0.25) is 5.02 Å². The Hall–Kier alpha value is -2.85. The SMILES string of the molecule is O=C1CCCCc2ccc(-c3ccccc3)nc21.O=C1CCCc2c(Cl)ccnc21. The topological polar surface area (TPSA) is 59.9 Å². The van der Waals surface area contributed by atoms with Gasteiger partial charge in [0.05, 0.1) is 5.69 Å². The second-order valence-electron chi connectivity index (χ2n) is 7.60.